The SMILES string of the molecule is Cn1nnc2cc(C(=O)NC3(C(=O)O)CCCC3)ccc21. The molecule has 2 aromatic rings. The first-order valence-corrected chi connectivity index (χ1v) is 6.87. The molecule has 110 valence electrons. The van der Waals surface area contributed by atoms with Crippen molar-refractivity contribution in [2.24, 2.45) is 7.05 Å². The Morgan fingerprint density at radius 3 is 2.71 bits per heavy atom. The highest BCUT2D eigenvalue weighted by Crippen LogP contribution is 2.30. The van der Waals surface area contributed by atoms with Crippen molar-refractivity contribution in [3.63, 3.8) is 0 Å². The highest BCUT2D eigenvalue weighted by molar-refractivity contribution is 6.00. The quantitative estimate of drug-likeness (QED) is 0.881. The molecule has 1 heterocycles. The van der Waals surface area contributed by atoms with Crippen LogP contribution in [0.2, 0.25) is 0 Å². The van der Waals surface area contributed by atoms with Crippen LogP contribution in [0.25, 0.3) is 11.0 Å². The van der Waals surface area contributed by atoms with Gasteiger partial charge >= 0.3 is 5.97 Å². The van der Waals surface area contributed by atoms with E-state index in [0.29, 0.717) is 23.9 Å². The van der Waals surface area contributed by atoms with E-state index in [1.165, 1.54) is 0 Å². The Balaban J connectivity index is 1.88. The average Bonchev–Trinajstić information content (AvgIpc) is 3.07. The molecule has 0 unspecified atom stereocenters. The Morgan fingerprint density at radius 2 is 2.05 bits per heavy atom. The molecule has 7 nitrogen and oxygen atoms in total. The van der Waals surface area contributed by atoms with Gasteiger partial charge < -0.3 is 10.4 Å². The molecule has 0 saturated heterocycles. The van der Waals surface area contributed by atoms with E-state index < -0.39 is 11.5 Å². The van der Waals surface area contributed by atoms with Crippen LogP contribution in [0.15, 0.2) is 18.2 Å². The fourth-order valence-corrected chi connectivity index (χ4v) is 2.84. The molecule has 1 amide bonds. The summed E-state index contributed by atoms with van der Waals surface area (Å²) >= 11 is 0. The van der Waals surface area contributed by atoms with Crippen LogP contribution in [0, 0.1) is 0 Å². The lowest BCUT2D eigenvalue weighted by atomic mass is 9.97. The lowest BCUT2D eigenvalue weighted by Crippen LogP contribution is -2.52. The minimum atomic E-state index is -1.13. The second-order valence-corrected chi connectivity index (χ2v) is 5.47. The molecule has 0 aliphatic heterocycles. The molecular weight excluding hydrogens is 272 g/mol. The number of fused-ring (bicyclic) bond motifs is 1. The van der Waals surface area contributed by atoms with Crippen LogP contribution in [0.5, 0.6) is 0 Å². The van der Waals surface area contributed by atoms with Crippen molar-refractivity contribution in [1.82, 2.24) is 20.3 Å². The first-order valence-electron chi connectivity index (χ1n) is 6.87. The van der Waals surface area contributed by atoms with Crippen LogP contribution in [0.4, 0.5) is 0 Å². The summed E-state index contributed by atoms with van der Waals surface area (Å²) in [6, 6.07) is 5.04. The number of carboxylic acids is 1. The lowest BCUT2D eigenvalue weighted by molar-refractivity contribution is -0.144. The van der Waals surface area contributed by atoms with Crippen LogP contribution >= 0.6 is 0 Å². The molecule has 2 N–H and O–H groups in total. The number of carbonyl (C=O) groups excluding carboxylic acids is 1. The zero-order chi connectivity index (χ0) is 15.0. The van der Waals surface area contributed by atoms with Crippen LogP contribution in [-0.4, -0.2) is 37.5 Å². The number of benzene rings is 1. The molecule has 1 aliphatic carbocycles. The van der Waals surface area contributed by atoms with Gasteiger partial charge in [-0.05, 0) is 31.0 Å². The van der Waals surface area contributed by atoms with Gasteiger partial charge in [-0.3, -0.25) is 4.79 Å². The number of hydrogen-bond acceptors (Lipinski definition) is 4. The maximum atomic E-state index is 12.3. The monoisotopic (exact) mass is 288 g/mol. The number of aryl methyl sites for hydroxylation is 1. The maximum Gasteiger partial charge on any atom is 0.329 e. The van der Waals surface area contributed by atoms with Gasteiger partial charge in [-0.1, -0.05) is 18.1 Å². The Hall–Kier alpha value is -2.44. The van der Waals surface area contributed by atoms with Crippen LogP contribution < -0.4 is 5.32 Å². The van der Waals surface area contributed by atoms with Gasteiger partial charge in [-0.25, -0.2) is 9.48 Å². The van der Waals surface area contributed by atoms with E-state index in [9.17, 15) is 14.7 Å². The van der Waals surface area contributed by atoms with Gasteiger partial charge in [0.05, 0.1) is 5.52 Å². The molecule has 0 bridgehead atoms. The highest BCUT2D eigenvalue weighted by Gasteiger charge is 2.42. The first-order chi connectivity index (χ1) is 10.0. The van der Waals surface area contributed by atoms with Crippen molar-refractivity contribution in [1.29, 1.82) is 0 Å². The minimum absolute atomic E-state index is 0.383. The number of carbonyl (C=O) groups is 2. The molecule has 1 aliphatic rings. The highest BCUT2D eigenvalue weighted by atomic mass is 16.4. The number of hydrogen-bond donors (Lipinski definition) is 2. The zero-order valence-corrected chi connectivity index (χ0v) is 11.7. The van der Waals surface area contributed by atoms with E-state index in [2.05, 4.69) is 15.6 Å². The predicted molar refractivity (Wildman–Crippen MR) is 74.8 cm³/mol. The third-order valence-electron chi connectivity index (χ3n) is 4.09. The van der Waals surface area contributed by atoms with Crippen molar-refractivity contribution in [3.8, 4) is 0 Å². The molecule has 0 spiro atoms. The van der Waals surface area contributed by atoms with Crippen LogP contribution in [0.3, 0.4) is 0 Å². The Kier molecular flexibility index (Phi) is 3.12. The standard InChI is InChI=1S/C14H16N4O3/c1-18-11-5-4-9(8-10(11)16-17-18)12(19)15-14(13(20)21)6-2-3-7-14/h4-5,8H,2-3,6-7H2,1H3,(H,15,19)(H,20,21). The minimum Gasteiger partial charge on any atom is -0.480 e. The number of nitrogens with zero attached hydrogens (tertiary/aromatic N) is 3. The summed E-state index contributed by atoms with van der Waals surface area (Å²) in [4.78, 5) is 23.8. The predicted octanol–water partition coefficient (Wildman–Crippen LogP) is 1.10. The van der Waals surface area contributed by atoms with Gasteiger partial charge in [0.2, 0.25) is 0 Å². The molecule has 3 rings (SSSR count). The molecular formula is C14H16N4O3. The summed E-state index contributed by atoms with van der Waals surface area (Å²) < 4.78 is 1.62. The van der Waals surface area contributed by atoms with E-state index >= 15 is 0 Å². The fraction of sp³-hybridized carbons (Fsp3) is 0.429. The molecule has 21 heavy (non-hydrogen) atoms. The van der Waals surface area contributed by atoms with Gasteiger partial charge in [-0.15, -0.1) is 5.10 Å². The molecule has 7 heteroatoms. The number of aliphatic carboxylic acids is 1. The average molecular weight is 288 g/mol. The number of nitrogens with one attached hydrogen (secondary N) is 1. The molecule has 0 radical (unpaired) electrons. The van der Waals surface area contributed by atoms with Gasteiger partial charge in [0.1, 0.15) is 11.1 Å². The number of aromatic nitrogens is 3. The third kappa shape index (κ3) is 2.24. The molecule has 1 aromatic heterocycles. The Labute approximate surface area is 120 Å². The van der Waals surface area contributed by atoms with E-state index in [4.69, 9.17) is 0 Å². The van der Waals surface area contributed by atoms with Crippen molar-refractivity contribution < 1.29 is 14.7 Å². The fourth-order valence-electron chi connectivity index (χ4n) is 2.84. The van der Waals surface area contributed by atoms with Crippen molar-refractivity contribution >= 4 is 22.9 Å². The molecule has 0 atom stereocenters. The Morgan fingerprint density at radius 1 is 1.33 bits per heavy atom. The molecule has 1 saturated carbocycles. The second kappa shape index (κ2) is 4.83. The number of carboxylic acid groups (broad SMARTS) is 1. The summed E-state index contributed by atoms with van der Waals surface area (Å²) in [7, 11) is 1.77. The first kappa shape index (κ1) is 13.5. The number of rotatable bonds is 3. The maximum absolute atomic E-state index is 12.3. The topological polar surface area (TPSA) is 97.1 Å². The van der Waals surface area contributed by atoms with Crippen LogP contribution in [0.1, 0.15) is 36.0 Å². The van der Waals surface area contributed by atoms with E-state index in [1.807, 2.05) is 0 Å². The summed E-state index contributed by atoms with van der Waals surface area (Å²) in [6.45, 7) is 0. The second-order valence-electron chi connectivity index (χ2n) is 5.47. The third-order valence-corrected chi connectivity index (χ3v) is 4.09. The molecule has 1 aromatic carbocycles. The van der Waals surface area contributed by atoms with Gasteiger partial charge in [0.25, 0.3) is 5.91 Å². The summed E-state index contributed by atoms with van der Waals surface area (Å²) in [6.07, 6.45) is 2.58. The van der Waals surface area contributed by atoms with Crippen molar-refractivity contribution in [3.05, 3.63) is 23.8 Å². The lowest BCUT2D eigenvalue weighted by Gasteiger charge is -2.25. The smallest absolute Gasteiger partial charge is 0.329 e. The van der Waals surface area contributed by atoms with E-state index in [-0.39, 0.29) is 5.91 Å². The Bertz CT molecular complexity index is 716. The van der Waals surface area contributed by atoms with E-state index in [0.717, 1.165) is 18.4 Å². The van der Waals surface area contributed by atoms with Crippen LogP contribution in [-0.2, 0) is 11.8 Å². The van der Waals surface area contributed by atoms with Crippen molar-refractivity contribution in [2.75, 3.05) is 0 Å². The summed E-state index contributed by atoms with van der Waals surface area (Å²) in [5.74, 6) is -1.35. The van der Waals surface area contributed by atoms with Crippen molar-refractivity contribution in [2.45, 2.75) is 31.2 Å². The van der Waals surface area contributed by atoms with Gasteiger partial charge in [0.15, 0.2) is 0 Å². The van der Waals surface area contributed by atoms with E-state index in [1.54, 1.807) is 29.9 Å². The zero-order valence-electron chi connectivity index (χ0n) is 11.7. The largest absolute Gasteiger partial charge is 0.480 e. The summed E-state index contributed by atoms with van der Waals surface area (Å²) in [5, 5.41) is 19.9. The normalized spacial score (nSPS) is 17.0. The summed E-state index contributed by atoms with van der Waals surface area (Å²) in [5.41, 5.74) is 0.700. The molecule has 1 fully saturated rings. The number of amides is 1. The van der Waals surface area contributed by atoms with Gasteiger partial charge in [-0.2, -0.15) is 0 Å². The van der Waals surface area contributed by atoms with Gasteiger partial charge in [0, 0.05) is 12.6 Å².